The number of nitrogens with one attached hydrogen (secondary N) is 1. The predicted molar refractivity (Wildman–Crippen MR) is 122 cm³/mol. The first-order valence-electron chi connectivity index (χ1n) is 10.8. The fraction of sp³-hybridized carbons (Fsp3) is 0.375. The van der Waals surface area contributed by atoms with Crippen LogP contribution in [0.4, 0.5) is 0 Å². The Labute approximate surface area is 187 Å². The van der Waals surface area contributed by atoms with Gasteiger partial charge >= 0.3 is 0 Å². The Morgan fingerprint density at radius 2 is 1.88 bits per heavy atom. The number of carbonyl (C=O) groups excluding carboxylic acids is 2. The molecule has 3 heterocycles. The van der Waals surface area contributed by atoms with E-state index in [1.54, 1.807) is 31.4 Å². The second-order valence-electron chi connectivity index (χ2n) is 8.15. The van der Waals surface area contributed by atoms with Crippen molar-refractivity contribution >= 4 is 17.5 Å². The molecule has 1 fully saturated rings. The molecule has 1 aliphatic rings. The van der Waals surface area contributed by atoms with Gasteiger partial charge in [0.1, 0.15) is 11.4 Å². The molecular weight excluding hydrogens is 406 g/mol. The van der Waals surface area contributed by atoms with Gasteiger partial charge in [0, 0.05) is 44.5 Å². The Morgan fingerprint density at radius 1 is 1.09 bits per heavy atom. The number of ether oxygens (including phenoxy) is 1. The lowest BCUT2D eigenvalue weighted by Gasteiger charge is -2.34. The first-order valence-corrected chi connectivity index (χ1v) is 10.8. The molecule has 8 heteroatoms. The van der Waals surface area contributed by atoms with Crippen LogP contribution in [-0.2, 0) is 11.3 Å². The molecule has 2 aromatic heterocycles. The highest BCUT2D eigenvalue weighted by Gasteiger charge is 2.23. The number of aromatic nitrogens is 2. The first-order chi connectivity index (χ1) is 15.4. The van der Waals surface area contributed by atoms with E-state index in [1.807, 2.05) is 11.8 Å². The molecular formula is C24H29N5O3. The van der Waals surface area contributed by atoms with E-state index in [2.05, 4.69) is 44.9 Å². The van der Waals surface area contributed by atoms with Crippen LogP contribution in [0.3, 0.4) is 0 Å². The molecule has 168 valence electrons. The van der Waals surface area contributed by atoms with Crippen molar-refractivity contribution in [3.8, 4) is 5.75 Å². The Bertz CT molecular complexity index is 1130. The Morgan fingerprint density at radius 3 is 2.62 bits per heavy atom. The number of fused-ring (bicyclic) bond motifs is 1. The number of amides is 2. The number of rotatable bonds is 6. The summed E-state index contributed by atoms with van der Waals surface area (Å²) in [6, 6.07) is 11.1. The molecule has 1 N–H and O–H groups in total. The minimum absolute atomic E-state index is 0.0121. The molecule has 0 unspecified atom stereocenters. The van der Waals surface area contributed by atoms with Gasteiger partial charge in [0.25, 0.3) is 5.91 Å². The van der Waals surface area contributed by atoms with Gasteiger partial charge in [-0.05, 0) is 49.7 Å². The van der Waals surface area contributed by atoms with Gasteiger partial charge in [0.2, 0.25) is 5.91 Å². The molecule has 8 nitrogen and oxygen atoms in total. The summed E-state index contributed by atoms with van der Waals surface area (Å²) in [5, 5.41) is 2.72. The van der Waals surface area contributed by atoms with Crippen molar-refractivity contribution in [2.75, 3.05) is 39.8 Å². The van der Waals surface area contributed by atoms with Crippen molar-refractivity contribution in [3.05, 3.63) is 65.1 Å². The summed E-state index contributed by atoms with van der Waals surface area (Å²) in [7, 11) is 1.55. The van der Waals surface area contributed by atoms with E-state index in [9.17, 15) is 9.59 Å². The fourth-order valence-corrected chi connectivity index (χ4v) is 4.01. The average molecular weight is 436 g/mol. The molecule has 3 aromatic rings. The Hall–Kier alpha value is -3.39. The van der Waals surface area contributed by atoms with Crippen molar-refractivity contribution in [1.82, 2.24) is 24.5 Å². The molecule has 32 heavy (non-hydrogen) atoms. The van der Waals surface area contributed by atoms with E-state index in [4.69, 9.17) is 4.74 Å². The smallest absolute Gasteiger partial charge is 0.251 e. The zero-order valence-electron chi connectivity index (χ0n) is 18.8. The number of piperazine rings is 1. The van der Waals surface area contributed by atoms with E-state index in [0.717, 1.165) is 31.0 Å². The topological polar surface area (TPSA) is 79.2 Å². The Kier molecular flexibility index (Phi) is 6.41. The summed E-state index contributed by atoms with van der Waals surface area (Å²) in [6.45, 7) is 7.75. The zero-order chi connectivity index (χ0) is 22.7. The first kappa shape index (κ1) is 21.8. The molecule has 1 aromatic carbocycles. The standard InChI is InChI=1S/C24H29N5O3/c1-17-7-8-29-21(18(2)26-22(29)13-17)16-27-9-11-28(12-10-27)23(30)15-25-24(31)19-5-4-6-20(14-19)32-3/h4-8,13-14H,9-12,15-16H2,1-3H3,(H,25,31). The number of hydrogen-bond acceptors (Lipinski definition) is 5. The lowest BCUT2D eigenvalue weighted by molar-refractivity contribution is -0.131. The van der Waals surface area contributed by atoms with Crippen molar-refractivity contribution in [3.63, 3.8) is 0 Å². The van der Waals surface area contributed by atoms with Crippen LogP contribution >= 0.6 is 0 Å². The third-order valence-electron chi connectivity index (χ3n) is 5.91. The fourth-order valence-electron chi connectivity index (χ4n) is 4.01. The maximum Gasteiger partial charge on any atom is 0.251 e. The minimum Gasteiger partial charge on any atom is -0.497 e. The predicted octanol–water partition coefficient (Wildman–Crippen LogP) is 2.03. The number of methoxy groups -OCH3 is 1. The molecule has 0 spiro atoms. The van der Waals surface area contributed by atoms with E-state index < -0.39 is 0 Å². The molecule has 0 atom stereocenters. The highest BCUT2D eigenvalue weighted by molar-refractivity contribution is 5.96. The molecule has 0 aliphatic carbocycles. The number of benzene rings is 1. The van der Waals surface area contributed by atoms with Crippen LogP contribution in [0.5, 0.6) is 5.75 Å². The normalized spacial score (nSPS) is 14.5. The van der Waals surface area contributed by atoms with Crippen LogP contribution in [0.25, 0.3) is 5.65 Å². The summed E-state index contributed by atoms with van der Waals surface area (Å²) < 4.78 is 7.29. The van der Waals surface area contributed by atoms with Crippen molar-refractivity contribution in [1.29, 1.82) is 0 Å². The van der Waals surface area contributed by atoms with Crippen LogP contribution in [0.2, 0.25) is 0 Å². The molecule has 2 amide bonds. The van der Waals surface area contributed by atoms with Crippen LogP contribution in [0, 0.1) is 13.8 Å². The monoisotopic (exact) mass is 435 g/mol. The maximum atomic E-state index is 12.6. The van der Waals surface area contributed by atoms with E-state index in [1.165, 1.54) is 11.3 Å². The molecule has 0 radical (unpaired) electrons. The lowest BCUT2D eigenvalue weighted by atomic mass is 10.2. The summed E-state index contributed by atoms with van der Waals surface area (Å²) >= 11 is 0. The van der Waals surface area contributed by atoms with Gasteiger partial charge in [0.05, 0.1) is 25.0 Å². The third-order valence-corrected chi connectivity index (χ3v) is 5.91. The molecule has 0 bridgehead atoms. The number of hydrogen-bond donors (Lipinski definition) is 1. The highest BCUT2D eigenvalue weighted by atomic mass is 16.5. The van der Waals surface area contributed by atoms with Gasteiger partial charge < -0.3 is 19.4 Å². The average Bonchev–Trinajstić information content (AvgIpc) is 3.11. The van der Waals surface area contributed by atoms with Crippen molar-refractivity contribution in [2.24, 2.45) is 0 Å². The van der Waals surface area contributed by atoms with Gasteiger partial charge in [0.15, 0.2) is 0 Å². The molecule has 4 rings (SSSR count). The second kappa shape index (κ2) is 9.40. The lowest BCUT2D eigenvalue weighted by Crippen LogP contribution is -2.51. The van der Waals surface area contributed by atoms with Crippen LogP contribution in [-0.4, -0.2) is 70.8 Å². The second-order valence-corrected chi connectivity index (χ2v) is 8.15. The Balaban J connectivity index is 1.28. The van der Waals surface area contributed by atoms with Gasteiger partial charge in [-0.3, -0.25) is 14.5 Å². The summed E-state index contributed by atoms with van der Waals surface area (Å²) in [5.74, 6) is 0.257. The van der Waals surface area contributed by atoms with Gasteiger partial charge in [-0.1, -0.05) is 6.07 Å². The molecule has 1 aliphatic heterocycles. The molecule has 0 saturated carbocycles. The van der Waals surface area contributed by atoms with Gasteiger partial charge in [-0.25, -0.2) is 4.98 Å². The quantitative estimate of drug-likeness (QED) is 0.641. The van der Waals surface area contributed by atoms with Gasteiger partial charge in [-0.15, -0.1) is 0 Å². The minimum atomic E-state index is -0.283. The van der Waals surface area contributed by atoms with Gasteiger partial charge in [-0.2, -0.15) is 0 Å². The third kappa shape index (κ3) is 4.75. The zero-order valence-corrected chi connectivity index (χ0v) is 18.8. The van der Waals surface area contributed by atoms with Crippen LogP contribution in [0.1, 0.15) is 27.3 Å². The van der Waals surface area contributed by atoms with Crippen molar-refractivity contribution in [2.45, 2.75) is 20.4 Å². The largest absolute Gasteiger partial charge is 0.497 e. The number of nitrogens with zero attached hydrogens (tertiary/aromatic N) is 4. The van der Waals surface area contributed by atoms with Crippen molar-refractivity contribution < 1.29 is 14.3 Å². The number of pyridine rings is 1. The number of imidazole rings is 1. The summed E-state index contributed by atoms with van der Waals surface area (Å²) in [6.07, 6.45) is 2.07. The number of aryl methyl sites for hydroxylation is 2. The summed E-state index contributed by atoms with van der Waals surface area (Å²) in [5.41, 5.74) is 4.86. The van der Waals surface area contributed by atoms with Crippen LogP contribution in [0.15, 0.2) is 42.6 Å². The van der Waals surface area contributed by atoms with E-state index in [0.29, 0.717) is 24.4 Å². The maximum absolute atomic E-state index is 12.6. The number of carbonyl (C=O) groups is 2. The van der Waals surface area contributed by atoms with E-state index >= 15 is 0 Å². The molecule has 1 saturated heterocycles. The van der Waals surface area contributed by atoms with E-state index in [-0.39, 0.29) is 18.4 Å². The summed E-state index contributed by atoms with van der Waals surface area (Å²) in [4.78, 5) is 33.8. The van der Waals surface area contributed by atoms with Crippen LogP contribution < -0.4 is 10.1 Å². The SMILES string of the molecule is COc1cccc(C(=O)NCC(=O)N2CCN(Cc3c(C)nc4cc(C)ccn34)CC2)c1. The highest BCUT2D eigenvalue weighted by Crippen LogP contribution is 2.17.